The van der Waals surface area contributed by atoms with Gasteiger partial charge in [-0.1, -0.05) is 80.6 Å². The molecule has 324 valence electrons. The first-order valence-corrected chi connectivity index (χ1v) is 20.5. The number of benzene rings is 3. The summed E-state index contributed by atoms with van der Waals surface area (Å²) in [7, 11) is 0. The molecule has 1 heterocycles. The molecule has 1 aliphatic heterocycles. The molecule has 11 atom stereocenters. The van der Waals surface area contributed by atoms with Crippen molar-refractivity contribution in [2.45, 2.75) is 115 Å². The molecule has 3 aromatic rings. The van der Waals surface area contributed by atoms with Crippen LogP contribution in [0.25, 0.3) is 0 Å². The molecule has 0 radical (unpaired) electrons. The molecule has 3 aliphatic carbocycles. The van der Waals surface area contributed by atoms with Gasteiger partial charge in [0.15, 0.2) is 17.7 Å². The van der Waals surface area contributed by atoms with Crippen LogP contribution >= 0.6 is 0 Å². The molecular formula is C47H53NO13. The molecule has 1 unspecified atom stereocenters. The summed E-state index contributed by atoms with van der Waals surface area (Å²) >= 11 is 0. The molecular weight excluding hydrogens is 787 g/mol. The van der Waals surface area contributed by atoms with Gasteiger partial charge in [0.2, 0.25) is 0 Å². The number of hydrogen-bond donors (Lipinski definition) is 4. The van der Waals surface area contributed by atoms with Gasteiger partial charge in [-0.2, -0.15) is 0 Å². The van der Waals surface area contributed by atoms with E-state index in [0.29, 0.717) is 16.7 Å². The molecule has 4 N–H and O–H groups in total. The van der Waals surface area contributed by atoms with Gasteiger partial charge in [-0.05, 0) is 61.7 Å². The third-order valence-electron chi connectivity index (χ3n) is 13.4. The number of aliphatic hydroxyl groups excluding tert-OH is 2. The third kappa shape index (κ3) is 7.58. The Morgan fingerprint density at radius 2 is 1.49 bits per heavy atom. The van der Waals surface area contributed by atoms with Gasteiger partial charge < -0.3 is 44.3 Å². The predicted molar refractivity (Wildman–Crippen MR) is 217 cm³/mol. The number of ketones is 1. The highest BCUT2D eigenvalue weighted by Gasteiger charge is 2.78. The molecule has 4 aliphatic rings. The first kappa shape index (κ1) is 43.8. The Morgan fingerprint density at radius 1 is 0.902 bits per heavy atom. The number of rotatable bonds is 11. The van der Waals surface area contributed by atoms with Crippen molar-refractivity contribution in [3.05, 3.63) is 119 Å². The number of nitrogens with one attached hydrogen (secondary N) is 1. The Bertz CT molecular complexity index is 2190. The van der Waals surface area contributed by atoms with Crippen molar-refractivity contribution in [2.24, 2.45) is 16.7 Å². The lowest BCUT2D eigenvalue weighted by Gasteiger charge is -2.67. The van der Waals surface area contributed by atoms with E-state index in [0.717, 1.165) is 0 Å². The monoisotopic (exact) mass is 839 g/mol. The average Bonchev–Trinajstić information content (AvgIpc) is 3.22. The molecule has 1 saturated heterocycles. The Morgan fingerprint density at radius 3 is 2.05 bits per heavy atom. The summed E-state index contributed by atoms with van der Waals surface area (Å²) in [5.74, 6) is -5.02. The zero-order chi connectivity index (χ0) is 44.1. The quantitative estimate of drug-likeness (QED) is 0.0907. The van der Waals surface area contributed by atoms with Crippen molar-refractivity contribution in [1.29, 1.82) is 0 Å². The second kappa shape index (κ2) is 16.6. The molecule has 7 rings (SSSR count). The van der Waals surface area contributed by atoms with Crippen LogP contribution in [0.2, 0.25) is 0 Å². The number of ether oxygens (including phenoxy) is 5. The van der Waals surface area contributed by atoms with Crippen molar-refractivity contribution in [2.75, 3.05) is 6.61 Å². The van der Waals surface area contributed by atoms with E-state index in [1.54, 1.807) is 99.6 Å². The fraction of sp³-hybridized carbons (Fsp3) is 0.468. The molecule has 14 nitrogen and oxygen atoms in total. The van der Waals surface area contributed by atoms with Crippen LogP contribution in [0.3, 0.4) is 0 Å². The van der Waals surface area contributed by atoms with E-state index in [-0.39, 0.29) is 30.6 Å². The maximum Gasteiger partial charge on any atom is 0.338 e. The molecule has 2 bridgehead atoms. The second-order valence-electron chi connectivity index (χ2n) is 17.4. The van der Waals surface area contributed by atoms with E-state index in [1.807, 2.05) is 0 Å². The Kier molecular flexibility index (Phi) is 11.9. The standard InChI is InChI=1S/C47H53NO13/c1-26-33(59-36(52)22-32(29-16-10-7-11-17-29)48-42(54)30-18-12-8-13-19-30)24-47(56)41(60-43(55)31-20-14-9-15-21-31)39-45(6,34(51)23-35-46(39,25-57-35)61-28(3)50)40(53)38(58-27(2)49)37(26)44(47,4)5/h7-21,27,32-35,38-39,41,49,51,56H,22-25H2,1-6H3,(H,48,54)/t27?,32-,33+,34+,35-,38-,39+,41+,45-,46+,47-/m1/s1. The van der Waals surface area contributed by atoms with E-state index < -0.39 is 107 Å². The molecule has 0 aromatic heterocycles. The lowest BCUT2D eigenvalue weighted by atomic mass is 9.44. The zero-order valence-electron chi connectivity index (χ0n) is 35.0. The van der Waals surface area contributed by atoms with Crippen molar-refractivity contribution in [3.63, 3.8) is 0 Å². The number of hydrogen-bond acceptors (Lipinski definition) is 13. The van der Waals surface area contributed by atoms with Gasteiger partial charge in [0.25, 0.3) is 5.91 Å². The molecule has 1 amide bonds. The number of amides is 1. The maximum absolute atomic E-state index is 15.5. The fourth-order valence-electron chi connectivity index (χ4n) is 10.2. The van der Waals surface area contributed by atoms with E-state index in [9.17, 15) is 34.5 Å². The van der Waals surface area contributed by atoms with Gasteiger partial charge in [0.05, 0.1) is 42.1 Å². The van der Waals surface area contributed by atoms with Gasteiger partial charge in [-0.15, -0.1) is 0 Å². The highest BCUT2D eigenvalue weighted by Crippen LogP contribution is 2.64. The molecule has 3 aromatic carbocycles. The second-order valence-corrected chi connectivity index (χ2v) is 17.4. The van der Waals surface area contributed by atoms with Crippen LogP contribution < -0.4 is 5.32 Å². The molecule has 2 saturated carbocycles. The first-order chi connectivity index (χ1) is 28.8. The van der Waals surface area contributed by atoms with Crippen molar-refractivity contribution < 1.29 is 63.0 Å². The first-order valence-electron chi connectivity index (χ1n) is 20.5. The van der Waals surface area contributed by atoms with Gasteiger partial charge >= 0.3 is 17.9 Å². The van der Waals surface area contributed by atoms with Crippen molar-refractivity contribution >= 4 is 29.6 Å². The minimum absolute atomic E-state index is 0.115. The summed E-state index contributed by atoms with van der Waals surface area (Å²) in [5.41, 5.74) is -5.90. The SMILES string of the molecule is CC(=O)O[C@@]12CO[C@@H]1C[C@H](O)[C@@]1(C)C(=O)[C@H](OC(C)O)C3=C(C)[C@@H](OC(=O)C[C@@H](NC(=O)c4ccccc4)c4ccccc4)C[C@@](O)([C@@H](OC(=O)c4ccccc4)[C@H]21)C3(C)C. The van der Waals surface area contributed by atoms with Gasteiger partial charge in [0.1, 0.15) is 30.0 Å². The summed E-state index contributed by atoms with van der Waals surface area (Å²) in [6, 6.07) is 24.6. The van der Waals surface area contributed by atoms with Gasteiger partial charge in [-0.25, -0.2) is 4.79 Å². The fourth-order valence-corrected chi connectivity index (χ4v) is 10.2. The number of aliphatic hydroxyl groups is 3. The maximum atomic E-state index is 15.5. The van der Waals surface area contributed by atoms with E-state index in [4.69, 9.17) is 23.7 Å². The highest BCUT2D eigenvalue weighted by atomic mass is 16.6. The smallest absolute Gasteiger partial charge is 0.338 e. The number of Topliss-reactive ketones (excluding diaryl/α,β-unsaturated/α-hetero) is 1. The largest absolute Gasteiger partial charge is 0.458 e. The van der Waals surface area contributed by atoms with Crippen LogP contribution in [-0.4, -0.2) is 99.5 Å². The lowest BCUT2D eigenvalue weighted by Crippen LogP contribution is -2.82. The van der Waals surface area contributed by atoms with Crippen LogP contribution in [-0.2, 0) is 38.1 Å². The van der Waals surface area contributed by atoms with Crippen molar-refractivity contribution in [3.8, 4) is 0 Å². The lowest BCUT2D eigenvalue weighted by molar-refractivity contribution is -0.346. The van der Waals surface area contributed by atoms with Crippen LogP contribution in [0.5, 0.6) is 0 Å². The molecule has 3 fully saturated rings. The number of carbonyl (C=O) groups is 5. The minimum atomic E-state index is -2.27. The average molecular weight is 840 g/mol. The topological polar surface area (TPSA) is 204 Å². The summed E-state index contributed by atoms with van der Waals surface area (Å²) in [4.78, 5) is 70.4. The number of esters is 3. The van der Waals surface area contributed by atoms with Gasteiger partial charge in [0, 0.05) is 30.7 Å². The minimum Gasteiger partial charge on any atom is -0.458 e. The number of carbonyl (C=O) groups excluding carboxylic acids is 5. The van der Waals surface area contributed by atoms with Crippen molar-refractivity contribution in [1.82, 2.24) is 5.32 Å². The summed E-state index contributed by atoms with van der Waals surface area (Å²) in [6.45, 7) is 8.61. The molecule has 14 heteroatoms. The molecule has 0 spiro atoms. The Hall–Kier alpha value is -5.25. The predicted octanol–water partition coefficient (Wildman–Crippen LogP) is 4.56. The zero-order valence-corrected chi connectivity index (χ0v) is 35.0. The van der Waals surface area contributed by atoms with Gasteiger partial charge in [-0.3, -0.25) is 19.2 Å². The normalized spacial score (nSPS) is 32.3. The summed E-state index contributed by atoms with van der Waals surface area (Å²) in [6.07, 6.45) is -9.58. The summed E-state index contributed by atoms with van der Waals surface area (Å²) in [5, 5.41) is 39.5. The van der Waals surface area contributed by atoms with E-state index in [2.05, 4.69) is 5.32 Å². The summed E-state index contributed by atoms with van der Waals surface area (Å²) < 4.78 is 30.8. The Labute approximate surface area is 354 Å². The van der Waals surface area contributed by atoms with E-state index >= 15 is 4.79 Å². The van der Waals surface area contributed by atoms with Crippen LogP contribution in [0.1, 0.15) is 93.1 Å². The number of fused-ring (bicyclic) bond motifs is 5. The van der Waals surface area contributed by atoms with Crippen LogP contribution in [0, 0.1) is 16.7 Å². The van der Waals surface area contributed by atoms with Crippen LogP contribution in [0.15, 0.2) is 102 Å². The Balaban J connectivity index is 1.37. The van der Waals surface area contributed by atoms with E-state index in [1.165, 1.54) is 32.9 Å². The highest BCUT2D eigenvalue weighted by molar-refractivity contribution is 5.95. The van der Waals surface area contributed by atoms with Crippen LogP contribution in [0.4, 0.5) is 0 Å². The molecule has 61 heavy (non-hydrogen) atoms. The third-order valence-corrected chi connectivity index (χ3v) is 13.4.